The van der Waals surface area contributed by atoms with Crippen molar-refractivity contribution in [3.63, 3.8) is 0 Å². The highest BCUT2D eigenvalue weighted by Gasteiger charge is 2.24. The van der Waals surface area contributed by atoms with Crippen LogP contribution in [0, 0.1) is 0 Å². The van der Waals surface area contributed by atoms with Crippen LogP contribution in [-0.2, 0) is 6.42 Å². The maximum absolute atomic E-state index is 9.21. The van der Waals surface area contributed by atoms with Gasteiger partial charge in [0, 0.05) is 25.4 Å². The molecule has 0 unspecified atom stereocenters. The van der Waals surface area contributed by atoms with Crippen molar-refractivity contribution in [3.8, 4) is 0 Å². The van der Waals surface area contributed by atoms with Crippen LogP contribution >= 0.6 is 0 Å². The zero-order valence-corrected chi connectivity index (χ0v) is 10.2. The molecule has 1 aliphatic rings. The van der Waals surface area contributed by atoms with Crippen molar-refractivity contribution in [3.05, 3.63) is 28.9 Å². The molecule has 0 spiro atoms. The SMILES string of the molecule is CCCN(C)c1nccc2c1C=C(B(O)O)C2. The van der Waals surface area contributed by atoms with Gasteiger partial charge in [0.1, 0.15) is 5.82 Å². The molecule has 1 aromatic heterocycles. The third kappa shape index (κ3) is 2.35. The number of hydrogen-bond acceptors (Lipinski definition) is 4. The lowest BCUT2D eigenvalue weighted by Crippen LogP contribution is -2.20. The van der Waals surface area contributed by atoms with E-state index < -0.39 is 7.12 Å². The third-order valence-electron chi connectivity index (χ3n) is 3.04. The molecule has 0 saturated carbocycles. The van der Waals surface area contributed by atoms with E-state index in [4.69, 9.17) is 0 Å². The molecule has 17 heavy (non-hydrogen) atoms. The number of hydrogen-bond donors (Lipinski definition) is 2. The normalized spacial score (nSPS) is 13.3. The van der Waals surface area contributed by atoms with Crippen LogP contribution < -0.4 is 4.90 Å². The first-order valence-corrected chi connectivity index (χ1v) is 5.89. The van der Waals surface area contributed by atoms with E-state index in [-0.39, 0.29) is 0 Å². The van der Waals surface area contributed by atoms with Gasteiger partial charge in [-0.3, -0.25) is 0 Å². The molecular weight excluding hydrogens is 215 g/mol. The molecule has 2 N–H and O–H groups in total. The summed E-state index contributed by atoms with van der Waals surface area (Å²) in [5.41, 5.74) is 2.77. The minimum absolute atomic E-state index is 0.600. The molecule has 0 fully saturated rings. The lowest BCUT2D eigenvalue weighted by atomic mass is 9.78. The van der Waals surface area contributed by atoms with Crippen molar-refractivity contribution in [1.29, 1.82) is 0 Å². The summed E-state index contributed by atoms with van der Waals surface area (Å²) in [5, 5.41) is 18.4. The molecule has 0 aliphatic heterocycles. The Morgan fingerprint density at radius 1 is 1.47 bits per heavy atom. The Bertz CT molecular complexity index is 446. The van der Waals surface area contributed by atoms with E-state index in [1.165, 1.54) is 0 Å². The van der Waals surface area contributed by atoms with Crippen LogP contribution in [0.2, 0.25) is 0 Å². The largest absolute Gasteiger partial charge is 0.484 e. The maximum atomic E-state index is 9.21. The number of rotatable bonds is 4. The van der Waals surface area contributed by atoms with Gasteiger partial charge in [-0.25, -0.2) is 4.98 Å². The first kappa shape index (κ1) is 12.1. The van der Waals surface area contributed by atoms with Crippen molar-refractivity contribution in [1.82, 2.24) is 4.98 Å². The Balaban J connectivity index is 2.35. The van der Waals surface area contributed by atoms with E-state index in [2.05, 4.69) is 16.8 Å². The number of pyridine rings is 1. The van der Waals surface area contributed by atoms with Crippen LogP contribution in [0.25, 0.3) is 6.08 Å². The second kappa shape index (κ2) is 4.90. The second-order valence-electron chi connectivity index (χ2n) is 4.40. The fraction of sp³-hybridized carbons (Fsp3) is 0.417. The second-order valence-corrected chi connectivity index (χ2v) is 4.40. The number of aromatic nitrogens is 1. The van der Waals surface area contributed by atoms with Gasteiger partial charge in [-0.1, -0.05) is 13.0 Å². The van der Waals surface area contributed by atoms with Crippen LogP contribution in [0.5, 0.6) is 0 Å². The molecule has 0 aromatic carbocycles. The monoisotopic (exact) mass is 232 g/mol. The first-order valence-electron chi connectivity index (χ1n) is 5.89. The Kier molecular flexibility index (Phi) is 3.50. The molecular formula is C12H17BN2O2. The van der Waals surface area contributed by atoms with E-state index in [0.717, 1.165) is 29.9 Å². The van der Waals surface area contributed by atoms with Gasteiger partial charge in [0.25, 0.3) is 0 Å². The number of nitrogens with zero attached hydrogens (tertiary/aromatic N) is 2. The molecule has 0 bridgehead atoms. The van der Waals surface area contributed by atoms with Crippen molar-refractivity contribution < 1.29 is 10.0 Å². The topological polar surface area (TPSA) is 56.6 Å². The quantitative estimate of drug-likeness (QED) is 0.756. The van der Waals surface area contributed by atoms with Gasteiger partial charge in [-0.05, 0) is 29.9 Å². The first-order chi connectivity index (χ1) is 8.13. The number of anilines is 1. The fourth-order valence-electron chi connectivity index (χ4n) is 2.18. The summed E-state index contributed by atoms with van der Waals surface area (Å²) in [6, 6.07) is 1.94. The minimum atomic E-state index is -1.37. The molecule has 2 rings (SSSR count). The molecule has 0 saturated heterocycles. The summed E-state index contributed by atoms with van der Waals surface area (Å²) in [7, 11) is 0.638. The van der Waals surface area contributed by atoms with Crippen molar-refractivity contribution >= 4 is 19.0 Å². The van der Waals surface area contributed by atoms with Crippen LogP contribution in [0.1, 0.15) is 24.5 Å². The predicted molar refractivity (Wildman–Crippen MR) is 69.7 cm³/mol. The molecule has 5 heteroatoms. The van der Waals surface area contributed by atoms with Gasteiger partial charge >= 0.3 is 7.12 Å². The summed E-state index contributed by atoms with van der Waals surface area (Å²) in [5.74, 6) is 0.917. The van der Waals surface area contributed by atoms with E-state index in [1.54, 1.807) is 6.20 Å². The van der Waals surface area contributed by atoms with Crippen molar-refractivity contribution in [2.45, 2.75) is 19.8 Å². The number of fused-ring (bicyclic) bond motifs is 1. The van der Waals surface area contributed by atoms with Crippen LogP contribution in [0.4, 0.5) is 5.82 Å². The molecule has 1 aromatic rings. The third-order valence-corrected chi connectivity index (χ3v) is 3.04. The molecule has 1 aliphatic carbocycles. The van der Waals surface area contributed by atoms with E-state index in [1.807, 2.05) is 19.2 Å². The Morgan fingerprint density at radius 2 is 2.24 bits per heavy atom. The summed E-state index contributed by atoms with van der Waals surface area (Å²) in [6.45, 7) is 3.06. The van der Waals surface area contributed by atoms with E-state index in [9.17, 15) is 10.0 Å². The highest BCUT2D eigenvalue weighted by Crippen LogP contribution is 2.31. The zero-order chi connectivity index (χ0) is 12.4. The lowest BCUT2D eigenvalue weighted by molar-refractivity contribution is 0.418. The van der Waals surface area contributed by atoms with Crippen LogP contribution in [0.15, 0.2) is 17.7 Å². The molecule has 0 radical (unpaired) electrons. The van der Waals surface area contributed by atoms with Gasteiger partial charge in [0.15, 0.2) is 0 Å². The summed E-state index contributed by atoms with van der Waals surface area (Å²) < 4.78 is 0. The highest BCUT2D eigenvalue weighted by atomic mass is 16.4. The average molecular weight is 232 g/mol. The molecule has 90 valence electrons. The Morgan fingerprint density at radius 3 is 2.88 bits per heavy atom. The van der Waals surface area contributed by atoms with E-state index >= 15 is 0 Å². The van der Waals surface area contributed by atoms with Gasteiger partial charge in [0.2, 0.25) is 0 Å². The van der Waals surface area contributed by atoms with Crippen LogP contribution in [0.3, 0.4) is 0 Å². The predicted octanol–water partition coefficient (Wildman–Crippen LogP) is 0.879. The Hall–Kier alpha value is -1.33. The van der Waals surface area contributed by atoms with Crippen molar-refractivity contribution in [2.24, 2.45) is 0 Å². The lowest BCUT2D eigenvalue weighted by Gasteiger charge is -2.19. The minimum Gasteiger partial charge on any atom is -0.423 e. The summed E-state index contributed by atoms with van der Waals surface area (Å²) in [6.07, 6.45) is 5.28. The fourth-order valence-corrected chi connectivity index (χ4v) is 2.18. The Labute approximate surface area is 102 Å². The average Bonchev–Trinajstić information content (AvgIpc) is 2.72. The molecule has 0 atom stereocenters. The number of allylic oxidation sites excluding steroid dienone is 1. The van der Waals surface area contributed by atoms with Crippen molar-refractivity contribution in [2.75, 3.05) is 18.5 Å². The summed E-state index contributed by atoms with van der Waals surface area (Å²) >= 11 is 0. The molecule has 4 nitrogen and oxygen atoms in total. The van der Waals surface area contributed by atoms with E-state index in [0.29, 0.717) is 11.9 Å². The zero-order valence-electron chi connectivity index (χ0n) is 10.2. The highest BCUT2D eigenvalue weighted by molar-refractivity contribution is 6.52. The smallest absolute Gasteiger partial charge is 0.423 e. The summed E-state index contributed by atoms with van der Waals surface area (Å²) in [4.78, 5) is 6.48. The van der Waals surface area contributed by atoms with Gasteiger partial charge in [-0.15, -0.1) is 0 Å². The molecule has 1 heterocycles. The van der Waals surface area contributed by atoms with Gasteiger partial charge in [-0.2, -0.15) is 0 Å². The van der Waals surface area contributed by atoms with Gasteiger partial charge < -0.3 is 14.9 Å². The standard InChI is InChI=1S/C12H17BN2O2/c1-3-6-15(2)12-11-8-10(13(16)17)7-9(11)4-5-14-12/h4-5,8,16-17H,3,6-7H2,1-2H3. The maximum Gasteiger partial charge on any atom is 0.484 e. The molecule has 0 amide bonds. The van der Waals surface area contributed by atoms with Crippen LogP contribution in [-0.4, -0.2) is 35.7 Å². The van der Waals surface area contributed by atoms with Gasteiger partial charge in [0.05, 0.1) is 0 Å².